The van der Waals surface area contributed by atoms with Crippen molar-refractivity contribution in [1.82, 2.24) is 0 Å². The van der Waals surface area contributed by atoms with Crippen molar-refractivity contribution in [1.29, 1.82) is 0 Å². The standard InChI is InChI=1S/C10H12ClNO/c11-7-3-1-6-2-4-9(13)10(12)8(6)5-7/h1,3,5,9-10,13H,2,4,12H2/t9-,10-/m1/s1. The van der Waals surface area contributed by atoms with Crippen LogP contribution in [0.4, 0.5) is 0 Å². The van der Waals surface area contributed by atoms with Gasteiger partial charge in [-0.25, -0.2) is 0 Å². The van der Waals surface area contributed by atoms with Gasteiger partial charge in [-0.15, -0.1) is 0 Å². The average molecular weight is 198 g/mol. The Balaban J connectivity index is 2.45. The van der Waals surface area contributed by atoms with E-state index in [-0.39, 0.29) is 6.04 Å². The second kappa shape index (κ2) is 3.29. The lowest BCUT2D eigenvalue weighted by atomic mass is 9.86. The first-order valence-corrected chi connectivity index (χ1v) is 4.78. The first-order chi connectivity index (χ1) is 6.18. The van der Waals surface area contributed by atoms with Gasteiger partial charge in [0.05, 0.1) is 12.1 Å². The van der Waals surface area contributed by atoms with Crippen LogP contribution in [-0.2, 0) is 6.42 Å². The van der Waals surface area contributed by atoms with E-state index in [1.165, 1.54) is 5.56 Å². The largest absolute Gasteiger partial charge is 0.391 e. The lowest BCUT2D eigenvalue weighted by Gasteiger charge is -2.27. The highest BCUT2D eigenvalue weighted by Gasteiger charge is 2.24. The number of aliphatic hydroxyl groups excluding tert-OH is 1. The molecule has 0 saturated heterocycles. The van der Waals surface area contributed by atoms with Gasteiger partial charge in [0.1, 0.15) is 0 Å². The van der Waals surface area contributed by atoms with E-state index in [2.05, 4.69) is 0 Å². The normalized spacial score (nSPS) is 27.0. The highest BCUT2D eigenvalue weighted by atomic mass is 35.5. The lowest BCUT2D eigenvalue weighted by molar-refractivity contribution is 0.128. The Bertz CT molecular complexity index is 327. The van der Waals surface area contributed by atoms with E-state index in [0.29, 0.717) is 5.02 Å². The molecule has 70 valence electrons. The van der Waals surface area contributed by atoms with Gasteiger partial charge in [0.25, 0.3) is 0 Å². The predicted octanol–water partition coefficient (Wildman–Crippen LogP) is 1.65. The molecule has 2 nitrogen and oxygen atoms in total. The number of benzene rings is 1. The van der Waals surface area contributed by atoms with Crippen LogP contribution in [-0.4, -0.2) is 11.2 Å². The number of hydrogen-bond donors (Lipinski definition) is 2. The predicted molar refractivity (Wildman–Crippen MR) is 52.7 cm³/mol. The van der Waals surface area contributed by atoms with Crippen molar-refractivity contribution in [2.45, 2.75) is 25.0 Å². The van der Waals surface area contributed by atoms with Crippen molar-refractivity contribution in [3.63, 3.8) is 0 Å². The van der Waals surface area contributed by atoms with E-state index in [1.807, 2.05) is 18.2 Å². The number of aryl methyl sites for hydroxylation is 1. The number of halogens is 1. The molecule has 0 fully saturated rings. The summed E-state index contributed by atoms with van der Waals surface area (Å²) < 4.78 is 0. The molecule has 0 unspecified atom stereocenters. The fraction of sp³-hybridized carbons (Fsp3) is 0.400. The van der Waals surface area contributed by atoms with E-state index in [4.69, 9.17) is 17.3 Å². The van der Waals surface area contributed by atoms with Crippen molar-refractivity contribution in [2.24, 2.45) is 5.73 Å². The second-order valence-corrected chi connectivity index (χ2v) is 3.91. The molecular weight excluding hydrogens is 186 g/mol. The molecule has 2 rings (SSSR count). The van der Waals surface area contributed by atoms with Crippen LogP contribution >= 0.6 is 11.6 Å². The van der Waals surface area contributed by atoms with Crippen LogP contribution in [0.1, 0.15) is 23.6 Å². The van der Waals surface area contributed by atoms with Crippen LogP contribution in [0.15, 0.2) is 18.2 Å². The fourth-order valence-corrected chi connectivity index (χ4v) is 1.97. The number of fused-ring (bicyclic) bond motifs is 1. The van der Waals surface area contributed by atoms with Gasteiger partial charge in [0.2, 0.25) is 0 Å². The Morgan fingerprint density at radius 3 is 3.00 bits per heavy atom. The third-order valence-electron chi connectivity index (χ3n) is 2.59. The first-order valence-electron chi connectivity index (χ1n) is 4.40. The van der Waals surface area contributed by atoms with Gasteiger partial charge in [-0.05, 0) is 36.1 Å². The van der Waals surface area contributed by atoms with Crippen molar-refractivity contribution in [2.75, 3.05) is 0 Å². The van der Waals surface area contributed by atoms with Crippen molar-refractivity contribution in [3.05, 3.63) is 34.3 Å². The van der Waals surface area contributed by atoms with Gasteiger partial charge in [-0.3, -0.25) is 0 Å². The fourth-order valence-electron chi connectivity index (χ4n) is 1.79. The van der Waals surface area contributed by atoms with Crippen LogP contribution in [0.2, 0.25) is 5.02 Å². The summed E-state index contributed by atoms with van der Waals surface area (Å²) in [5.74, 6) is 0. The van der Waals surface area contributed by atoms with Gasteiger partial charge in [0, 0.05) is 5.02 Å². The maximum Gasteiger partial charge on any atom is 0.0736 e. The zero-order valence-corrected chi connectivity index (χ0v) is 7.96. The summed E-state index contributed by atoms with van der Waals surface area (Å²) in [6, 6.07) is 5.43. The molecule has 0 bridgehead atoms. The lowest BCUT2D eigenvalue weighted by Crippen LogP contribution is -2.31. The molecule has 1 aromatic rings. The van der Waals surface area contributed by atoms with E-state index < -0.39 is 6.10 Å². The Morgan fingerprint density at radius 2 is 2.23 bits per heavy atom. The summed E-state index contributed by atoms with van der Waals surface area (Å²) in [6.07, 6.45) is 1.21. The van der Waals surface area contributed by atoms with Gasteiger partial charge in [-0.2, -0.15) is 0 Å². The zero-order valence-electron chi connectivity index (χ0n) is 7.20. The van der Waals surface area contributed by atoms with E-state index in [9.17, 15) is 5.11 Å². The Morgan fingerprint density at radius 1 is 1.46 bits per heavy atom. The quantitative estimate of drug-likeness (QED) is 0.665. The van der Waals surface area contributed by atoms with Crippen LogP contribution in [0.5, 0.6) is 0 Å². The molecule has 0 aromatic heterocycles. The monoisotopic (exact) mass is 197 g/mol. The minimum atomic E-state index is -0.425. The molecule has 0 amide bonds. The van der Waals surface area contributed by atoms with Crippen LogP contribution in [0.3, 0.4) is 0 Å². The molecule has 13 heavy (non-hydrogen) atoms. The molecule has 0 saturated carbocycles. The first kappa shape index (κ1) is 9.00. The molecule has 3 heteroatoms. The third kappa shape index (κ3) is 1.57. The van der Waals surface area contributed by atoms with Gasteiger partial charge in [0.15, 0.2) is 0 Å². The van der Waals surface area contributed by atoms with Crippen molar-refractivity contribution >= 4 is 11.6 Å². The Kier molecular flexibility index (Phi) is 2.28. The summed E-state index contributed by atoms with van der Waals surface area (Å²) in [6.45, 7) is 0. The van der Waals surface area contributed by atoms with Gasteiger partial charge in [-0.1, -0.05) is 17.7 Å². The van der Waals surface area contributed by atoms with E-state index in [1.54, 1.807) is 0 Å². The van der Waals surface area contributed by atoms with Gasteiger partial charge < -0.3 is 10.8 Å². The van der Waals surface area contributed by atoms with E-state index >= 15 is 0 Å². The second-order valence-electron chi connectivity index (χ2n) is 3.47. The van der Waals surface area contributed by atoms with E-state index in [0.717, 1.165) is 18.4 Å². The average Bonchev–Trinajstić information content (AvgIpc) is 2.12. The maximum absolute atomic E-state index is 9.55. The minimum absolute atomic E-state index is 0.276. The zero-order chi connectivity index (χ0) is 9.42. The summed E-state index contributed by atoms with van der Waals surface area (Å²) in [4.78, 5) is 0. The molecule has 0 heterocycles. The molecular formula is C10H12ClNO. The molecule has 3 N–H and O–H groups in total. The maximum atomic E-state index is 9.55. The molecule has 1 aliphatic carbocycles. The molecule has 0 radical (unpaired) electrons. The Labute approximate surface area is 82.3 Å². The molecule has 1 aromatic carbocycles. The number of rotatable bonds is 0. The summed E-state index contributed by atoms with van der Waals surface area (Å²) in [7, 11) is 0. The molecule has 0 spiro atoms. The van der Waals surface area contributed by atoms with Crippen LogP contribution in [0, 0.1) is 0 Å². The highest BCUT2D eigenvalue weighted by molar-refractivity contribution is 6.30. The highest BCUT2D eigenvalue weighted by Crippen LogP contribution is 2.30. The molecule has 1 aliphatic rings. The molecule has 2 atom stereocenters. The van der Waals surface area contributed by atoms with Crippen molar-refractivity contribution < 1.29 is 5.11 Å². The topological polar surface area (TPSA) is 46.2 Å². The smallest absolute Gasteiger partial charge is 0.0736 e. The Hall–Kier alpha value is -0.570. The third-order valence-corrected chi connectivity index (χ3v) is 2.83. The van der Waals surface area contributed by atoms with Crippen LogP contribution < -0.4 is 5.73 Å². The van der Waals surface area contributed by atoms with Crippen molar-refractivity contribution in [3.8, 4) is 0 Å². The number of aliphatic hydroxyl groups is 1. The summed E-state index contributed by atoms with van der Waals surface area (Å²) >= 11 is 5.85. The van der Waals surface area contributed by atoms with Crippen LogP contribution in [0.25, 0.3) is 0 Å². The number of nitrogens with two attached hydrogens (primary N) is 1. The summed E-state index contributed by atoms with van der Waals surface area (Å²) in [5, 5.41) is 10.2. The molecule has 0 aliphatic heterocycles. The minimum Gasteiger partial charge on any atom is -0.391 e. The SMILES string of the molecule is N[C@@H]1c2cc(Cl)ccc2CC[C@H]1O. The summed E-state index contributed by atoms with van der Waals surface area (Å²) in [5.41, 5.74) is 8.05. The van der Waals surface area contributed by atoms with Gasteiger partial charge >= 0.3 is 0 Å². The number of hydrogen-bond acceptors (Lipinski definition) is 2.